The molecule has 10 aromatic carbocycles. The van der Waals surface area contributed by atoms with Gasteiger partial charge in [-0.3, -0.25) is 0 Å². The van der Waals surface area contributed by atoms with E-state index in [2.05, 4.69) is 241 Å². The second kappa shape index (κ2) is 15.1. The second-order valence-corrected chi connectivity index (χ2v) is 16.4. The maximum atomic E-state index is 6.52. The van der Waals surface area contributed by atoms with Crippen LogP contribution in [0.3, 0.4) is 0 Å². The highest BCUT2D eigenvalue weighted by atomic mass is 16.3. The van der Waals surface area contributed by atoms with E-state index in [1.165, 1.54) is 44.5 Å². The summed E-state index contributed by atoms with van der Waals surface area (Å²) in [4.78, 5) is 2.45. The van der Waals surface area contributed by atoms with Gasteiger partial charge >= 0.3 is 0 Å². The Kier molecular flexibility index (Phi) is 8.76. The molecule has 0 radical (unpaired) electrons. The second-order valence-electron chi connectivity index (χ2n) is 16.4. The Hall–Kier alpha value is -8.20. The van der Waals surface area contributed by atoms with Gasteiger partial charge in [-0.15, -0.1) is 0 Å². The number of benzene rings is 10. The Labute approximate surface area is 367 Å². The highest BCUT2D eigenvalue weighted by Gasteiger charge is 2.46. The molecule has 0 atom stereocenters. The van der Waals surface area contributed by atoms with Gasteiger partial charge in [0.15, 0.2) is 0 Å². The first-order valence-electron chi connectivity index (χ1n) is 21.7. The van der Waals surface area contributed by atoms with Crippen molar-refractivity contribution in [1.82, 2.24) is 0 Å². The summed E-state index contributed by atoms with van der Waals surface area (Å²) in [7, 11) is 0. The predicted molar refractivity (Wildman–Crippen MR) is 262 cm³/mol. The van der Waals surface area contributed by atoms with E-state index in [1.54, 1.807) is 0 Å². The summed E-state index contributed by atoms with van der Waals surface area (Å²) in [6.45, 7) is 0. The van der Waals surface area contributed by atoms with Gasteiger partial charge in [0, 0.05) is 33.3 Å². The standard InChI is InChI=1S/C61H41NO/c1-5-18-42(19-6-1)45-34-39-58(55(40-45)43-20-7-2-8-21-43)62(48-35-32-44(33-36-48)50-28-17-29-54-53-27-14-16-31-59(53)63-60(50)54)49-37-38-52-51-26-13-15-30-56(51)61(57(52)41-49,46-22-9-3-10-23-46)47-24-11-4-12-25-47/h1-41H. The maximum absolute atomic E-state index is 6.52. The lowest BCUT2D eigenvalue weighted by atomic mass is 9.67. The van der Waals surface area contributed by atoms with Crippen molar-refractivity contribution in [3.8, 4) is 44.5 Å². The zero-order chi connectivity index (χ0) is 41.7. The molecule has 0 fully saturated rings. The number of rotatable bonds is 8. The van der Waals surface area contributed by atoms with Crippen molar-refractivity contribution in [2.75, 3.05) is 4.90 Å². The van der Waals surface area contributed by atoms with Gasteiger partial charge in [0.2, 0.25) is 0 Å². The molecule has 2 heteroatoms. The summed E-state index contributed by atoms with van der Waals surface area (Å²) >= 11 is 0. The zero-order valence-electron chi connectivity index (χ0n) is 34.5. The summed E-state index contributed by atoms with van der Waals surface area (Å²) in [6.07, 6.45) is 0. The Bertz CT molecular complexity index is 3390. The van der Waals surface area contributed by atoms with Crippen LogP contribution in [-0.4, -0.2) is 0 Å². The molecular formula is C61H41NO. The molecule has 11 aromatic rings. The van der Waals surface area contributed by atoms with Crippen LogP contribution in [0.4, 0.5) is 17.1 Å². The van der Waals surface area contributed by atoms with Crippen molar-refractivity contribution in [2.45, 2.75) is 5.41 Å². The molecule has 0 saturated carbocycles. The monoisotopic (exact) mass is 803 g/mol. The molecule has 63 heavy (non-hydrogen) atoms. The number of hydrogen-bond donors (Lipinski definition) is 0. The van der Waals surface area contributed by atoms with Crippen LogP contribution < -0.4 is 4.90 Å². The normalized spacial score (nSPS) is 12.6. The topological polar surface area (TPSA) is 16.4 Å². The van der Waals surface area contributed by atoms with Crippen LogP contribution in [-0.2, 0) is 5.41 Å². The molecule has 0 amide bonds. The summed E-state index contributed by atoms with van der Waals surface area (Å²) in [5.41, 5.74) is 18.9. The third-order valence-corrected chi connectivity index (χ3v) is 13.0. The third kappa shape index (κ3) is 5.95. The molecule has 0 bridgehead atoms. The van der Waals surface area contributed by atoms with Gasteiger partial charge in [-0.25, -0.2) is 0 Å². The molecule has 0 N–H and O–H groups in total. The number of hydrogen-bond acceptors (Lipinski definition) is 2. The zero-order valence-corrected chi connectivity index (χ0v) is 34.5. The van der Waals surface area contributed by atoms with Gasteiger partial charge in [-0.2, -0.15) is 0 Å². The van der Waals surface area contributed by atoms with Crippen LogP contribution in [0.5, 0.6) is 0 Å². The molecule has 0 unspecified atom stereocenters. The molecule has 296 valence electrons. The molecule has 1 aliphatic rings. The minimum atomic E-state index is -0.537. The van der Waals surface area contributed by atoms with E-state index in [-0.39, 0.29) is 0 Å². The van der Waals surface area contributed by atoms with E-state index in [0.717, 1.165) is 61.3 Å². The summed E-state index contributed by atoms with van der Waals surface area (Å²) < 4.78 is 6.52. The number of nitrogens with zero attached hydrogens (tertiary/aromatic N) is 1. The summed E-state index contributed by atoms with van der Waals surface area (Å²) in [5, 5.41) is 2.25. The fraction of sp³-hybridized carbons (Fsp3) is 0.0164. The predicted octanol–water partition coefficient (Wildman–Crippen LogP) is 16.4. The average molecular weight is 804 g/mol. The molecule has 12 rings (SSSR count). The molecule has 0 aliphatic heterocycles. The van der Waals surface area contributed by atoms with Crippen molar-refractivity contribution in [2.24, 2.45) is 0 Å². The number of furan rings is 1. The van der Waals surface area contributed by atoms with E-state index in [0.29, 0.717) is 0 Å². The van der Waals surface area contributed by atoms with Crippen LogP contribution in [0.2, 0.25) is 0 Å². The molecule has 1 aromatic heterocycles. The number of fused-ring (bicyclic) bond motifs is 6. The summed E-state index contributed by atoms with van der Waals surface area (Å²) in [6, 6.07) is 90.3. The van der Waals surface area contributed by atoms with Crippen LogP contribution in [0, 0.1) is 0 Å². The fourth-order valence-corrected chi connectivity index (χ4v) is 10.2. The molecule has 2 nitrogen and oxygen atoms in total. The first-order valence-corrected chi connectivity index (χ1v) is 21.7. The Balaban J connectivity index is 1.10. The minimum Gasteiger partial charge on any atom is -0.455 e. The molecule has 1 aliphatic carbocycles. The van der Waals surface area contributed by atoms with Gasteiger partial charge in [0.1, 0.15) is 11.2 Å². The van der Waals surface area contributed by atoms with Crippen LogP contribution in [0.1, 0.15) is 22.3 Å². The van der Waals surface area contributed by atoms with Crippen LogP contribution >= 0.6 is 0 Å². The highest BCUT2D eigenvalue weighted by Crippen LogP contribution is 2.57. The number of para-hydroxylation sites is 2. The first-order chi connectivity index (χ1) is 31.3. The fourth-order valence-electron chi connectivity index (χ4n) is 10.2. The van der Waals surface area contributed by atoms with E-state index >= 15 is 0 Å². The molecule has 0 spiro atoms. The third-order valence-electron chi connectivity index (χ3n) is 13.0. The van der Waals surface area contributed by atoms with E-state index in [1.807, 2.05) is 12.1 Å². The Morgan fingerprint density at radius 1 is 0.317 bits per heavy atom. The molecular weight excluding hydrogens is 763 g/mol. The van der Waals surface area contributed by atoms with Gasteiger partial charge in [0.05, 0.1) is 11.1 Å². The smallest absolute Gasteiger partial charge is 0.143 e. The van der Waals surface area contributed by atoms with E-state index in [9.17, 15) is 0 Å². The highest BCUT2D eigenvalue weighted by molar-refractivity contribution is 6.09. The first kappa shape index (κ1) is 36.6. The maximum Gasteiger partial charge on any atom is 0.143 e. The van der Waals surface area contributed by atoms with E-state index in [4.69, 9.17) is 4.42 Å². The Morgan fingerprint density at radius 3 is 1.59 bits per heavy atom. The van der Waals surface area contributed by atoms with Gasteiger partial charge in [-0.05, 0) is 98.1 Å². The van der Waals surface area contributed by atoms with Crippen molar-refractivity contribution in [3.63, 3.8) is 0 Å². The molecule has 0 saturated heterocycles. The van der Waals surface area contributed by atoms with Gasteiger partial charge in [0.25, 0.3) is 0 Å². The van der Waals surface area contributed by atoms with Crippen molar-refractivity contribution < 1.29 is 4.42 Å². The van der Waals surface area contributed by atoms with Gasteiger partial charge in [-0.1, -0.05) is 206 Å². The lowest BCUT2D eigenvalue weighted by Gasteiger charge is -2.35. The van der Waals surface area contributed by atoms with Gasteiger partial charge < -0.3 is 9.32 Å². The number of anilines is 3. The quantitative estimate of drug-likeness (QED) is 0.152. The lowest BCUT2D eigenvalue weighted by molar-refractivity contribution is 0.670. The van der Waals surface area contributed by atoms with Crippen molar-refractivity contribution >= 4 is 39.0 Å². The van der Waals surface area contributed by atoms with Crippen LogP contribution in [0.15, 0.2) is 253 Å². The van der Waals surface area contributed by atoms with Crippen molar-refractivity contribution in [3.05, 3.63) is 271 Å². The summed E-state index contributed by atoms with van der Waals surface area (Å²) in [5.74, 6) is 0. The van der Waals surface area contributed by atoms with E-state index < -0.39 is 5.41 Å². The minimum absolute atomic E-state index is 0.537. The van der Waals surface area contributed by atoms with Crippen LogP contribution in [0.25, 0.3) is 66.4 Å². The molecule has 1 heterocycles. The van der Waals surface area contributed by atoms with Crippen molar-refractivity contribution in [1.29, 1.82) is 0 Å². The average Bonchev–Trinajstić information content (AvgIpc) is 3.89. The largest absolute Gasteiger partial charge is 0.455 e. The lowest BCUT2D eigenvalue weighted by Crippen LogP contribution is -2.28. The SMILES string of the molecule is c1ccc(-c2ccc(N(c3ccc(-c4cccc5c4oc4ccccc45)cc3)c3ccc4c(c3)C(c3ccccc3)(c3ccccc3)c3ccccc3-4)c(-c3ccccc3)c2)cc1. The Morgan fingerprint density at radius 2 is 0.857 bits per heavy atom.